The van der Waals surface area contributed by atoms with Crippen molar-refractivity contribution >= 4 is 11.8 Å². The van der Waals surface area contributed by atoms with Crippen molar-refractivity contribution in [3.05, 3.63) is 0 Å². The van der Waals surface area contributed by atoms with Crippen molar-refractivity contribution in [2.24, 2.45) is 5.41 Å². The third-order valence-corrected chi connectivity index (χ3v) is 2.76. The zero-order valence-electron chi connectivity index (χ0n) is 8.95. The summed E-state index contributed by atoms with van der Waals surface area (Å²) in [4.78, 5) is 22.3. The first-order valence-electron chi connectivity index (χ1n) is 5.17. The van der Waals surface area contributed by atoms with Crippen LogP contribution in [-0.2, 0) is 9.59 Å². The quantitative estimate of drug-likeness (QED) is 0.408. The molecule has 0 unspecified atom stereocenters. The molecule has 0 aromatic heterocycles. The molecule has 0 radical (unpaired) electrons. The van der Waals surface area contributed by atoms with Gasteiger partial charge in [-0.1, -0.05) is 0 Å². The summed E-state index contributed by atoms with van der Waals surface area (Å²) in [6.07, 6.45) is 2.58. The fourth-order valence-electron chi connectivity index (χ4n) is 1.48. The molecule has 0 atom stereocenters. The standard InChI is InChI=1S/C10H15N3O3/c11-4-5-12-8(15)9(16)13-7-10(1-2-10)3-6-14/h14H,1-3,5-7H2,(H,12,15)(H,13,16). The van der Waals surface area contributed by atoms with Crippen LogP contribution in [0.4, 0.5) is 0 Å². The van der Waals surface area contributed by atoms with E-state index < -0.39 is 11.8 Å². The lowest BCUT2D eigenvalue weighted by Gasteiger charge is -2.13. The van der Waals surface area contributed by atoms with Gasteiger partial charge >= 0.3 is 11.8 Å². The molecule has 1 fully saturated rings. The third kappa shape index (κ3) is 3.51. The van der Waals surface area contributed by atoms with Crippen LogP contribution in [0.2, 0.25) is 0 Å². The number of aliphatic hydroxyl groups is 1. The van der Waals surface area contributed by atoms with Crippen LogP contribution in [0.3, 0.4) is 0 Å². The van der Waals surface area contributed by atoms with Gasteiger partial charge in [0.25, 0.3) is 0 Å². The fraction of sp³-hybridized carbons (Fsp3) is 0.700. The van der Waals surface area contributed by atoms with Crippen molar-refractivity contribution in [3.8, 4) is 6.07 Å². The summed E-state index contributed by atoms with van der Waals surface area (Å²) >= 11 is 0. The van der Waals surface area contributed by atoms with E-state index in [0.717, 1.165) is 12.8 Å². The summed E-state index contributed by atoms with van der Waals surface area (Å²) in [6, 6.07) is 1.71. The molecule has 0 spiro atoms. The predicted molar refractivity (Wildman–Crippen MR) is 55.0 cm³/mol. The first-order valence-corrected chi connectivity index (χ1v) is 5.17. The molecule has 0 aromatic carbocycles. The van der Waals surface area contributed by atoms with E-state index in [1.54, 1.807) is 6.07 Å². The normalized spacial score (nSPS) is 16.0. The number of hydrogen-bond acceptors (Lipinski definition) is 4. The molecule has 16 heavy (non-hydrogen) atoms. The van der Waals surface area contributed by atoms with E-state index >= 15 is 0 Å². The van der Waals surface area contributed by atoms with Gasteiger partial charge in [0.05, 0.1) is 6.07 Å². The third-order valence-electron chi connectivity index (χ3n) is 2.76. The molecule has 1 aliphatic carbocycles. The number of nitrogens with zero attached hydrogens (tertiary/aromatic N) is 1. The highest BCUT2D eigenvalue weighted by Crippen LogP contribution is 2.47. The van der Waals surface area contributed by atoms with Gasteiger partial charge in [-0.15, -0.1) is 0 Å². The zero-order chi connectivity index (χ0) is 12.0. The average molecular weight is 225 g/mol. The molecule has 0 aliphatic heterocycles. The molecule has 2 amide bonds. The highest BCUT2D eigenvalue weighted by Gasteiger charge is 2.42. The van der Waals surface area contributed by atoms with Crippen LogP contribution in [-0.4, -0.2) is 36.6 Å². The molecule has 6 heteroatoms. The maximum Gasteiger partial charge on any atom is 0.310 e. The van der Waals surface area contributed by atoms with E-state index in [1.807, 2.05) is 0 Å². The second-order valence-electron chi connectivity index (χ2n) is 4.00. The van der Waals surface area contributed by atoms with E-state index in [1.165, 1.54) is 0 Å². The van der Waals surface area contributed by atoms with Crippen LogP contribution in [0.25, 0.3) is 0 Å². The molecule has 0 bridgehead atoms. The topological polar surface area (TPSA) is 102 Å². The van der Waals surface area contributed by atoms with Crippen molar-refractivity contribution in [1.82, 2.24) is 10.6 Å². The Hall–Kier alpha value is -1.61. The summed E-state index contributed by atoms with van der Waals surface area (Å²) in [5, 5.41) is 21.7. The lowest BCUT2D eigenvalue weighted by molar-refractivity contribution is -0.139. The van der Waals surface area contributed by atoms with E-state index in [-0.39, 0.29) is 18.6 Å². The largest absolute Gasteiger partial charge is 0.396 e. The van der Waals surface area contributed by atoms with Crippen molar-refractivity contribution < 1.29 is 14.7 Å². The molecular weight excluding hydrogens is 210 g/mol. The van der Waals surface area contributed by atoms with Crippen molar-refractivity contribution in [2.45, 2.75) is 19.3 Å². The van der Waals surface area contributed by atoms with Crippen LogP contribution >= 0.6 is 0 Å². The summed E-state index contributed by atoms with van der Waals surface area (Å²) in [7, 11) is 0. The van der Waals surface area contributed by atoms with Crippen LogP contribution < -0.4 is 10.6 Å². The van der Waals surface area contributed by atoms with Crippen molar-refractivity contribution in [3.63, 3.8) is 0 Å². The van der Waals surface area contributed by atoms with E-state index in [9.17, 15) is 9.59 Å². The Morgan fingerprint density at radius 3 is 2.44 bits per heavy atom. The lowest BCUT2D eigenvalue weighted by atomic mass is 10.0. The van der Waals surface area contributed by atoms with Gasteiger partial charge in [0, 0.05) is 13.2 Å². The second-order valence-corrected chi connectivity index (χ2v) is 4.00. The molecule has 88 valence electrons. The van der Waals surface area contributed by atoms with E-state index in [4.69, 9.17) is 10.4 Å². The summed E-state index contributed by atoms with van der Waals surface area (Å²) in [6.45, 7) is 0.330. The van der Waals surface area contributed by atoms with Crippen molar-refractivity contribution in [1.29, 1.82) is 5.26 Å². The number of aliphatic hydroxyl groups excluding tert-OH is 1. The first-order chi connectivity index (χ1) is 7.63. The highest BCUT2D eigenvalue weighted by molar-refractivity contribution is 6.35. The van der Waals surface area contributed by atoms with Crippen LogP contribution in [0.15, 0.2) is 0 Å². The van der Waals surface area contributed by atoms with Crippen molar-refractivity contribution in [2.75, 3.05) is 19.7 Å². The van der Waals surface area contributed by atoms with Gasteiger partial charge in [-0.25, -0.2) is 0 Å². The number of carbonyl (C=O) groups excluding carboxylic acids is 2. The molecule has 3 N–H and O–H groups in total. The SMILES string of the molecule is N#CCNC(=O)C(=O)NCC1(CCO)CC1. The molecule has 1 rings (SSSR count). The van der Waals surface area contributed by atoms with Crippen LogP contribution in [0, 0.1) is 16.7 Å². The Morgan fingerprint density at radius 1 is 1.31 bits per heavy atom. The number of amides is 2. The molecular formula is C10H15N3O3. The number of nitriles is 1. The van der Waals surface area contributed by atoms with Gasteiger partial charge < -0.3 is 15.7 Å². The minimum atomic E-state index is -0.790. The first kappa shape index (κ1) is 12.5. The molecule has 1 aliphatic rings. The Bertz CT molecular complexity index is 318. The lowest BCUT2D eigenvalue weighted by Crippen LogP contribution is -2.42. The van der Waals surface area contributed by atoms with Gasteiger partial charge in [0.15, 0.2) is 0 Å². The fourth-order valence-corrected chi connectivity index (χ4v) is 1.48. The van der Waals surface area contributed by atoms with Crippen LogP contribution in [0.1, 0.15) is 19.3 Å². The van der Waals surface area contributed by atoms with Gasteiger partial charge in [-0.05, 0) is 24.7 Å². The van der Waals surface area contributed by atoms with Gasteiger partial charge in [-0.3, -0.25) is 9.59 Å². The number of carbonyl (C=O) groups is 2. The molecule has 0 aromatic rings. The summed E-state index contributed by atoms with van der Waals surface area (Å²) in [5.41, 5.74) is -0.0140. The van der Waals surface area contributed by atoms with Gasteiger partial charge in [0.2, 0.25) is 0 Å². The Kier molecular flexibility index (Phi) is 4.26. The number of nitrogens with one attached hydrogen (secondary N) is 2. The zero-order valence-corrected chi connectivity index (χ0v) is 8.95. The number of hydrogen-bond donors (Lipinski definition) is 3. The average Bonchev–Trinajstić information content (AvgIpc) is 3.03. The maximum absolute atomic E-state index is 11.2. The van der Waals surface area contributed by atoms with E-state index in [0.29, 0.717) is 13.0 Å². The Morgan fingerprint density at radius 2 is 1.94 bits per heavy atom. The predicted octanol–water partition coefficient (Wildman–Crippen LogP) is -1.10. The smallest absolute Gasteiger partial charge is 0.310 e. The monoisotopic (exact) mass is 225 g/mol. The van der Waals surface area contributed by atoms with Gasteiger partial charge in [0.1, 0.15) is 6.54 Å². The maximum atomic E-state index is 11.2. The van der Waals surface area contributed by atoms with Crippen LogP contribution in [0.5, 0.6) is 0 Å². The Labute approximate surface area is 93.6 Å². The minimum Gasteiger partial charge on any atom is -0.396 e. The molecule has 0 heterocycles. The number of rotatable bonds is 5. The van der Waals surface area contributed by atoms with Gasteiger partial charge in [-0.2, -0.15) is 5.26 Å². The second kappa shape index (κ2) is 5.47. The highest BCUT2D eigenvalue weighted by atomic mass is 16.3. The molecule has 0 saturated heterocycles. The molecule has 1 saturated carbocycles. The molecule has 6 nitrogen and oxygen atoms in total. The van der Waals surface area contributed by atoms with E-state index in [2.05, 4.69) is 10.6 Å². The Balaban J connectivity index is 2.25. The summed E-state index contributed by atoms with van der Waals surface area (Å²) in [5.74, 6) is -1.51. The summed E-state index contributed by atoms with van der Waals surface area (Å²) < 4.78 is 0. The minimum absolute atomic E-state index is 0.0140.